The molecule has 2 unspecified atom stereocenters. The molecule has 1 rings (SSSR count). The number of aliphatic hydroxyl groups is 4. The van der Waals surface area contributed by atoms with Crippen LogP contribution < -0.4 is 0 Å². The number of esters is 2. The van der Waals surface area contributed by atoms with Crippen LogP contribution in [0.4, 0.5) is 0 Å². The number of unbranched alkanes of at least 4 members (excludes halogenated alkanes) is 27. The number of aliphatic hydroxyl groups excluding tert-OH is 4. The van der Waals surface area contributed by atoms with Gasteiger partial charge in [-0.15, -0.1) is 0 Å². The SMILES string of the molecule is CCCCCCCCCCC/C=C/CCCCC(=O)O[C@@H](COC(=O)CCCCCCCCCCCCCCCCCCC)CO[C@H]1O[C@@H](CO)[C@@H](O)C(O)C1O. The van der Waals surface area contributed by atoms with Crippen molar-refractivity contribution in [3.8, 4) is 0 Å². The molecule has 1 heterocycles. The van der Waals surface area contributed by atoms with Crippen LogP contribution in [0.25, 0.3) is 0 Å². The van der Waals surface area contributed by atoms with Crippen LogP contribution in [-0.2, 0) is 28.5 Å². The van der Waals surface area contributed by atoms with Crippen molar-refractivity contribution in [3.05, 3.63) is 12.2 Å². The molecule has 1 aliphatic rings. The number of allylic oxidation sites excluding steroid dienone is 2. The van der Waals surface area contributed by atoms with E-state index in [1.807, 2.05) is 0 Å². The normalized spacial score (nSPS) is 20.3. The van der Waals surface area contributed by atoms with E-state index >= 15 is 0 Å². The number of ether oxygens (including phenoxy) is 4. The third-order valence-electron chi connectivity index (χ3n) is 11.2. The molecule has 57 heavy (non-hydrogen) atoms. The minimum absolute atomic E-state index is 0.204. The maximum atomic E-state index is 12.8. The topological polar surface area (TPSA) is 152 Å². The summed E-state index contributed by atoms with van der Waals surface area (Å²) >= 11 is 0. The van der Waals surface area contributed by atoms with Gasteiger partial charge in [-0.1, -0.05) is 180 Å². The fourth-order valence-electron chi connectivity index (χ4n) is 7.36. The molecule has 10 heteroatoms. The first-order chi connectivity index (χ1) is 27.8. The molecule has 0 bridgehead atoms. The largest absolute Gasteiger partial charge is 0.462 e. The fraction of sp³-hybridized carbons (Fsp3) is 0.915. The molecule has 0 aromatic carbocycles. The van der Waals surface area contributed by atoms with Gasteiger partial charge in [0.05, 0.1) is 13.2 Å². The summed E-state index contributed by atoms with van der Waals surface area (Å²) in [5.41, 5.74) is 0. The van der Waals surface area contributed by atoms with Gasteiger partial charge in [0.2, 0.25) is 0 Å². The summed E-state index contributed by atoms with van der Waals surface area (Å²) in [7, 11) is 0. The van der Waals surface area contributed by atoms with E-state index in [-0.39, 0.29) is 32.0 Å². The van der Waals surface area contributed by atoms with Crippen molar-refractivity contribution >= 4 is 11.9 Å². The average molecular weight is 813 g/mol. The quantitative estimate of drug-likeness (QED) is 0.0267. The second-order valence-corrected chi connectivity index (χ2v) is 16.6. The molecule has 0 aromatic heterocycles. The van der Waals surface area contributed by atoms with E-state index in [2.05, 4.69) is 26.0 Å². The monoisotopic (exact) mass is 813 g/mol. The summed E-state index contributed by atoms with van der Waals surface area (Å²) in [5, 5.41) is 40.1. The van der Waals surface area contributed by atoms with Gasteiger partial charge in [0.15, 0.2) is 12.4 Å². The zero-order valence-corrected chi connectivity index (χ0v) is 36.6. The maximum Gasteiger partial charge on any atom is 0.306 e. The van der Waals surface area contributed by atoms with Gasteiger partial charge >= 0.3 is 11.9 Å². The molecule has 10 nitrogen and oxygen atoms in total. The lowest BCUT2D eigenvalue weighted by atomic mass is 9.99. The Morgan fingerprint density at radius 2 is 0.930 bits per heavy atom. The van der Waals surface area contributed by atoms with Crippen LogP contribution in [0.2, 0.25) is 0 Å². The highest BCUT2D eigenvalue weighted by Gasteiger charge is 2.44. The second-order valence-electron chi connectivity index (χ2n) is 16.6. The Hall–Kier alpha value is -1.56. The predicted molar refractivity (Wildman–Crippen MR) is 229 cm³/mol. The van der Waals surface area contributed by atoms with Gasteiger partial charge in [-0.05, 0) is 38.5 Å². The van der Waals surface area contributed by atoms with Gasteiger partial charge in [-0.2, -0.15) is 0 Å². The van der Waals surface area contributed by atoms with Crippen molar-refractivity contribution < 1.29 is 49.0 Å². The molecule has 0 radical (unpaired) electrons. The first-order valence-corrected chi connectivity index (χ1v) is 23.8. The second kappa shape index (κ2) is 38.6. The van der Waals surface area contributed by atoms with E-state index in [1.165, 1.54) is 148 Å². The first-order valence-electron chi connectivity index (χ1n) is 23.8. The van der Waals surface area contributed by atoms with E-state index in [4.69, 9.17) is 18.9 Å². The molecule has 0 aliphatic carbocycles. The first kappa shape index (κ1) is 53.5. The van der Waals surface area contributed by atoms with Crippen molar-refractivity contribution in [3.63, 3.8) is 0 Å². The van der Waals surface area contributed by atoms with Crippen LogP contribution in [-0.4, -0.2) is 89.0 Å². The molecule has 1 aliphatic heterocycles. The number of hydrogen-bond acceptors (Lipinski definition) is 10. The molecule has 1 fully saturated rings. The van der Waals surface area contributed by atoms with Crippen LogP contribution in [0.3, 0.4) is 0 Å². The Kier molecular flexibility index (Phi) is 36.2. The van der Waals surface area contributed by atoms with E-state index in [9.17, 15) is 30.0 Å². The lowest BCUT2D eigenvalue weighted by Gasteiger charge is -2.39. The van der Waals surface area contributed by atoms with Crippen molar-refractivity contribution in [1.29, 1.82) is 0 Å². The van der Waals surface area contributed by atoms with Gasteiger partial charge in [-0.25, -0.2) is 0 Å². The van der Waals surface area contributed by atoms with Crippen LogP contribution in [0.5, 0.6) is 0 Å². The number of carbonyl (C=O) groups excluding carboxylic acids is 2. The summed E-state index contributed by atoms with van der Waals surface area (Å²) in [5.74, 6) is -0.820. The predicted octanol–water partition coefficient (Wildman–Crippen LogP) is 10.3. The molecular formula is C47H88O10. The Labute approximate surface area is 348 Å². The van der Waals surface area contributed by atoms with Crippen molar-refractivity contribution in [2.45, 2.75) is 256 Å². The smallest absolute Gasteiger partial charge is 0.306 e. The molecule has 1 saturated heterocycles. The number of rotatable bonds is 40. The van der Waals surface area contributed by atoms with Crippen LogP contribution in [0.1, 0.15) is 219 Å². The summed E-state index contributed by atoms with van der Waals surface area (Å²) in [6, 6.07) is 0. The van der Waals surface area contributed by atoms with Gasteiger partial charge < -0.3 is 39.4 Å². The fourth-order valence-corrected chi connectivity index (χ4v) is 7.36. The Morgan fingerprint density at radius 1 is 0.526 bits per heavy atom. The third-order valence-corrected chi connectivity index (χ3v) is 11.2. The zero-order valence-electron chi connectivity index (χ0n) is 36.6. The van der Waals surface area contributed by atoms with Crippen molar-refractivity contribution in [1.82, 2.24) is 0 Å². The molecular weight excluding hydrogens is 725 g/mol. The summed E-state index contributed by atoms with van der Waals surface area (Å²) in [6.45, 7) is 3.43. The molecule has 0 aromatic rings. The lowest BCUT2D eigenvalue weighted by molar-refractivity contribution is -0.305. The minimum Gasteiger partial charge on any atom is -0.462 e. The Bertz CT molecular complexity index is 943. The third kappa shape index (κ3) is 30.2. The standard InChI is InChI=1S/C47H88O10/c1-3-5-7-9-11-13-15-17-19-20-22-23-25-27-29-31-33-35-42(49)54-38-40(39-55-47-46(53)45(52)44(51)41(37-48)57-47)56-43(50)36-34-32-30-28-26-24-21-18-16-14-12-10-8-6-4-2/h26,28,40-41,44-48,51-53H,3-25,27,29-39H2,1-2H3/b28-26+/t40-,41-,44+,45?,46?,47-/m0/s1. The zero-order chi connectivity index (χ0) is 41.6. The molecule has 0 saturated carbocycles. The molecule has 0 spiro atoms. The van der Waals surface area contributed by atoms with E-state index in [0.29, 0.717) is 6.42 Å². The van der Waals surface area contributed by atoms with Crippen LogP contribution >= 0.6 is 0 Å². The summed E-state index contributed by atoms with van der Waals surface area (Å²) in [6.07, 6.45) is 33.6. The number of hydrogen-bond donors (Lipinski definition) is 4. The van der Waals surface area contributed by atoms with E-state index in [1.54, 1.807) is 0 Å². The van der Waals surface area contributed by atoms with Crippen molar-refractivity contribution in [2.24, 2.45) is 0 Å². The van der Waals surface area contributed by atoms with Crippen molar-refractivity contribution in [2.75, 3.05) is 19.8 Å². The molecule has 6 atom stereocenters. The highest BCUT2D eigenvalue weighted by Crippen LogP contribution is 2.23. The highest BCUT2D eigenvalue weighted by molar-refractivity contribution is 5.70. The minimum atomic E-state index is -1.59. The van der Waals surface area contributed by atoms with Gasteiger partial charge in [-0.3, -0.25) is 9.59 Å². The Morgan fingerprint density at radius 3 is 1.40 bits per heavy atom. The van der Waals surface area contributed by atoms with Gasteiger partial charge in [0, 0.05) is 12.8 Å². The van der Waals surface area contributed by atoms with Gasteiger partial charge in [0.1, 0.15) is 31.0 Å². The molecule has 336 valence electrons. The number of carbonyl (C=O) groups is 2. The highest BCUT2D eigenvalue weighted by atomic mass is 16.7. The average Bonchev–Trinajstić information content (AvgIpc) is 3.21. The lowest BCUT2D eigenvalue weighted by Crippen LogP contribution is -2.59. The van der Waals surface area contributed by atoms with Gasteiger partial charge in [0.25, 0.3) is 0 Å². The summed E-state index contributed by atoms with van der Waals surface area (Å²) < 4.78 is 22.2. The van der Waals surface area contributed by atoms with Crippen LogP contribution in [0, 0.1) is 0 Å². The summed E-state index contributed by atoms with van der Waals surface area (Å²) in [4.78, 5) is 25.3. The molecule has 0 amide bonds. The van der Waals surface area contributed by atoms with E-state index in [0.717, 1.165) is 38.5 Å². The van der Waals surface area contributed by atoms with E-state index < -0.39 is 49.4 Å². The van der Waals surface area contributed by atoms with Crippen LogP contribution in [0.15, 0.2) is 12.2 Å². The maximum absolute atomic E-state index is 12.8. The Balaban J connectivity index is 2.30. The molecule has 4 N–H and O–H groups in total.